The van der Waals surface area contributed by atoms with Crippen LogP contribution in [0.4, 0.5) is 8.78 Å². The Morgan fingerprint density at radius 1 is 1.29 bits per heavy atom. The molecule has 0 fully saturated rings. The molecule has 1 heterocycles. The zero-order chi connectivity index (χ0) is 16.8. The Morgan fingerprint density at radius 3 is 2.62 bits per heavy atom. The lowest BCUT2D eigenvalue weighted by Gasteiger charge is -2.17. The van der Waals surface area contributed by atoms with Crippen molar-refractivity contribution in [3.63, 3.8) is 0 Å². The van der Waals surface area contributed by atoms with E-state index in [4.69, 9.17) is 0 Å². The van der Waals surface area contributed by atoms with Crippen LogP contribution in [0.2, 0.25) is 0 Å². The minimum atomic E-state index is -0.569. The van der Waals surface area contributed by atoms with Crippen molar-refractivity contribution in [2.75, 3.05) is 13.6 Å². The molecule has 1 aromatic heterocycles. The Labute approximate surface area is 157 Å². The van der Waals surface area contributed by atoms with Gasteiger partial charge in [0.15, 0.2) is 5.96 Å². The number of aliphatic imine (C=N–C) groups is 1. The largest absolute Gasteiger partial charge is 0.356 e. The third kappa shape index (κ3) is 5.43. The Kier molecular flexibility index (Phi) is 8.09. The van der Waals surface area contributed by atoms with Crippen LogP contribution in [0.1, 0.15) is 24.1 Å². The minimum Gasteiger partial charge on any atom is -0.356 e. The zero-order valence-corrected chi connectivity index (χ0v) is 16.2. The summed E-state index contributed by atoms with van der Waals surface area (Å²) in [5.74, 6) is -0.608. The Bertz CT molecular complexity index is 687. The number of hydrogen-bond acceptors (Lipinski definition) is 2. The highest BCUT2D eigenvalue weighted by Gasteiger charge is 2.12. The summed E-state index contributed by atoms with van der Waals surface area (Å²) in [5, 5.41) is 10.4. The van der Waals surface area contributed by atoms with E-state index in [1.165, 1.54) is 12.1 Å². The van der Waals surface area contributed by atoms with E-state index in [2.05, 4.69) is 20.7 Å². The maximum absolute atomic E-state index is 13.8. The predicted octanol–water partition coefficient (Wildman–Crippen LogP) is 2.79. The second-order valence-corrected chi connectivity index (χ2v) is 5.32. The fraction of sp³-hybridized carbons (Fsp3) is 0.375. The highest BCUT2D eigenvalue weighted by Crippen LogP contribution is 2.19. The van der Waals surface area contributed by atoms with Crippen molar-refractivity contribution in [3.8, 4) is 0 Å². The number of nitrogens with zero attached hydrogens (tertiary/aromatic N) is 3. The van der Waals surface area contributed by atoms with Gasteiger partial charge in [-0.25, -0.2) is 8.78 Å². The van der Waals surface area contributed by atoms with E-state index < -0.39 is 11.6 Å². The van der Waals surface area contributed by atoms with Gasteiger partial charge in [0.1, 0.15) is 11.6 Å². The van der Waals surface area contributed by atoms with Gasteiger partial charge in [-0.05, 0) is 17.7 Å². The van der Waals surface area contributed by atoms with E-state index in [9.17, 15) is 8.78 Å². The van der Waals surface area contributed by atoms with Crippen LogP contribution in [0, 0.1) is 11.6 Å². The summed E-state index contributed by atoms with van der Waals surface area (Å²) in [7, 11) is 3.54. The molecule has 2 N–H and O–H groups in total. The normalized spacial score (nSPS) is 12.5. The van der Waals surface area contributed by atoms with Gasteiger partial charge < -0.3 is 10.6 Å². The van der Waals surface area contributed by atoms with Gasteiger partial charge in [0.05, 0.1) is 12.2 Å². The maximum atomic E-state index is 13.8. The Morgan fingerprint density at radius 2 is 2.04 bits per heavy atom. The van der Waals surface area contributed by atoms with Crippen LogP contribution in [-0.2, 0) is 13.6 Å². The molecule has 24 heavy (non-hydrogen) atoms. The molecule has 1 unspecified atom stereocenters. The van der Waals surface area contributed by atoms with E-state index >= 15 is 0 Å². The van der Waals surface area contributed by atoms with Gasteiger partial charge in [-0.1, -0.05) is 13.0 Å². The lowest BCUT2D eigenvalue weighted by molar-refractivity contribution is 0.555. The molecule has 1 atom stereocenters. The number of rotatable bonds is 5. The average molecular weight is 449 g/mol. The summed E-state index contributed by atoms with van der Waals surface area (Å²) in [5.41, 5.74) is 1.49. The summed E-state index contributed by atoms with van der Waals surface area (Å²) in [6.07, 6.45) is 1.73. The molecule has 0 saturated heterocycles. The fourth-order valence-electron chi connectivity index (χ4n) is 2.23. The highest BCUT2D eigenvalue weighted by molar-refractivity contribution is 14.0. The molecule has 0 aliphatic carbocycles. The molecular weight excluding hydrogens is 427 g/mol. The van der Waals surface area contributed by atoms with Crippen LogP contribution in [0.25, 0.3) is 0 Å². The lowest BCUT2D eigenvalue weighted by Crippen LogP contribution is -2.39. The quantitative estimate of drug-likeness (QED) is 0.420. The third-order valence-electron chi connectivity index (χ3n) is 3.65. The monoisotopic (exact) mass is 449 g/mol. The van der Waals surface area contributed by atoms with Crippen molar-refractivity contribution in [2.24, 2.45) is 12.0 Å². The van der Waals surface area contributed by atoms with Crippen LogP contribution >= 0.6 is 24.0 Å². The Balaban J connectivity index is 0.00000288. The van der Waals surface area contributed by atoms with Gasteiger partial charge in [0.25, 0.3) is 0 Å². The smallest absolute Gasteiger partial charge is 0.191 e. The molecule has 8 heteroatoms. The third-order valence-corrected chi connectivity index (χ3v) is 3.65. The van der Waals surface area contributed by atoms with Crippen molar-refractivity contribution >= 4 is 29.9 Å². The van der Waals surface area contributed by atoms with Crippen LogP contribution in [-0.4, -0.2) is 29.3 Å². The first-order valence-corrected chi connectivity index (χ1v) is 7.37. The molecule has 0 radical (unpaired) electrons. The first-order chi connectivity index (χ1) is 11.0. The predicted molar refractivity (Wildman–Crippen MR) is 102 cm³/mol. The fourth-order valence-corrected chi connectivity index (χ4v) is 2.23. The van der Waals surface area contributed by atoms with Crippen LogP contribution in [0.5, 0.6) is 0 Å². The molecule has 2 aromatic rings. The molecular formula is C16H22F2IN5. The molecule has 0 saturated carbocycles. The molecule has 0 aliphatic rings. The molecule has 132 valence electrons. The molecule has 2 rings (SSSR count). The van der Waals surface area contributed by atoms with Crippen LogP contribution in [0.3, 0.4) is 0 Å². The van der Waals surface area contributed by atoms with Crippen molar-refractivity contribution in [1.29, 1.82) is 0 Å². The summed E-state index contributed by atoms with van der Waals surface area (Å²) in [6, 6.07) is 5.56. The summed E-state index contributed by atoms with van der Waals surface area (Å²) in [6.45, 7) is 2.93. The lowest BCUT2D eigenvalue weighted by atomic mass is 10.0. The van der Waals surface area contributed by atoms with Crippen molar-refractivity contribution in [2.45, 2.75) is 19.4 Å². The molecule has 0 aliphatic heterocycles. The number of hydrogen-bond donors (Lipinski definition) is 2. The van der Waals surface area contributed by atoms with E-state index in [0.29, 0.717) is 24.6 Å². The number of nitrogens with one attached hydrogen (secondary N) is 2. The standard InChI is InChI=1S/C16H21F2N5.HI/c1-11(14-5-4-12(17)8-15(14)18)9-20-16(19-2)21-10-13-6-7-22-23(13)3;/h4-8,11H,9-10H2,1-3H3,(H2,19,20,21);1H. The zero-order valence-electron chi connectivity index (χ0n) is 13.9. The van der Waals surface area contributed by atoms with E-state index in [-0.39, 0.29) is 29.9 Å². The number of aromatic nitrogens is 2. The van der Waals surface area contributed by atoms with Gasteiger partial charge in [0, 0.05) is 38.8 Å². The highest BCUT2D eigenvalue weighted by atomic mass is 127. The van der Waals surface area contributed by atoms with Gasteiger partial charge >= 0.3 is 0 Å². The molecule has 0 bridgehead atoms. The van der Waals surface area contributed by atoms with Crippen LogP contribution < -0.4 is 10.6 Å². The van der Waals surface area contributed by atoms with Gasteiger partial charge in [0.2, 0.25) is 0 Å². The van der Waals surface area contributed by atoms with Crippen molar-refractivity contribution in [1.82, 2.24) is 20.4 Å². The van der Waals surface area contributed by atoms with Crippen LogP contribution in [0.15, 0.2) is 35.5 Å². The first-order valence-electron chi connectivity index (χ1n) is 7.37. The molecule has 5 nitrogen and oxygen atoms in total. The van der Waals surface area contributed by atoms with Gasteiger partial charge in [-0.15, -0.1) is 24.0 Å². The molecule has 1 aromatic carbocycles. The number of aryl methyl sites for hydroxylation is 1. The average Bonchev–Trinajstić information content (AvgIpc) is 2.92. The second kappa shape index (κ2) is 9.55. The van der Waals surface area contributed by atoms with Gasteiger partial charge in [-0.2, -0.15) is 5.10 Å². The van der Waals surface area contributed by atoms with Crippen molar-refractivity contribution in [3.05, 3.63) is 53.4 Å². The van der Waals surface area contributed by atoms with E-state index in [1.54, 1.807) is 17.9 Å². The van der Waals surface area contributed by atoms with E-state index in [0.717, 1.165) is 11.8 Å². The maximum Gasteiger partial charge on any atom is 0.191 e. The second-order valence-electron chi connectivity index (χ2n) is 5.32. The molecule has 0 spiro atoms. The number of halogens is 3. The summed E-state index contributed by atoms with van der Waals surface area (Å²) < 4.78 is 28.5. The topological polar surface area (TPSA) is 54.2 Å². The summed E-state index contributed by atoms with van der Waals surface area (Å²) >= 11 is 0. The number of benzene rings is 1. The molecule has 0 amide bonds. The first kappa shape index (κ1) is 20.3. The minimum absolute atomic E-state index is 0. The SMILES string of the molecule is CN=C(NCc1ccnn1C)NCC(C)c1ccc(F)cc1F.I. The summed E-state index contributed by atoms with van der Waals surface area (Å²) in [4.78, 5) is 4.13. The van der Waals surface area contributed by atoms with Crippen molar-refractivity contribution < 1.29 is 8.78 Å². The Hall–Kier alpha value is -1.71. The van der Waals surface area contributed by atoms with Gasteiger partial charge in [-0.3, -0.25) is 9.67 Å². The van der Waals surface area contributed by atoms with E-state index in [1.807, 2.05) is 20.0 Å². The number of guanidine groups is 1.